The maximum Gasteiger partial charge on any atom is 0.410 e. The maximum absolute atomic E-state index is 12.0. The maximum atomic E-state index is 12.0. The molecule has 0 bridgehead atoms. The molecule has 1 aliphatic rings. The molecule has 0 saturated carbocycles. The number of hydrogen-bond acceptors (Lipinski definition) is 6. The molecule has 0 aromatic heterocycles. The van der Waals surface area contributed by atoms with Crippen molar-refractivity contribution in [2.75, 3.05) is 32.8 Å². The fraction of sp³-hybridized carbons (Fsp3) is 0.857. The van der Waals surface area contributed by atoms with Crippen molar-refractivity contribution < 1.29 is 19.1 Å². The molecule has 1 aliphatic heterocycles. The minimum atomic E-state index is -0.873. The first-order chi connectivity index (χ1) is 10.1. The van der Waals surface area contributed by atoms with E-state index in [1.54, 1.807) is 0 Å². The van der Waals surface area contributed by atoms with Crippen LogP contribution in [0.4, 0.5) is 4.79 Å². The molecule has 1 saturated heterocycles. The Morgan fingerprint density at radius 3 is 2.33 bits per heavy atom. The second kappa shape index (κ2) is 9.57. The van der Waals surface area contributed by atoms with Gasteiger partial charge in [-0.15, -0.1) is 0 Å². The van der Waals surface area contributed by atoms with Gasteiger partial charge in [-0.3, -0.25) is 4.90 Å². The van der Waals surface area contributed by atoms with E-state index in [2.05, 4.69) is 0 Å². The molecule has 7 nitrogen and oxygen atoms in total. The lowest BCUT2D eigenvalue weighted by Gasteiger charge is -2.42. The first-order valence-electron chi connectivity index (χ1n) is 7.62. The topological polar surface area (TPSA) is 82.1 Å². The number of hydroxylamine groups is 2. The van der Waals surface area contributed by atoms with E-state index in [1.165, 1.54) is 4.90 Å². The van der Waals surface area contributed by atoms with Gasteiger partial charge in [-0.25, -0.2) is 9.59 Å². The van der Waals surface area contributed by atoms with Crippen molar-refractivity contribution in [2.45, 2.75) is 45.6 Å². The van der Waals surface area contributed by atoms with Crippen molar-refractivity contribution in [3.05, 3.63) is 5.21 Å². The molecule has 1 fully saturated rings. The first kappa shape index (κ1) is 17.7. The number of amides is 1. The van der Waals surface area contributed by atoms with E-state index in [0.29, 0.717) is 13.2 Å². The lowest BCUT2D eigenvalue weighted by Crippen LogP contribution is -2.57. The highest BCUT2D eigenvalue weighted by Crippen LogP contribution is 2.13. The number of piperazine rings is 1. The van der Waals surface area contributed by atoms with Crippen molar-refractivity contribution >= 4 is 12.1 Å². The van der Waals surface area contributed by atoms with Crippen molar-refractivity contribution in [3.8, 4) is 0 Å². The van der Waals surface area contributed by atoms with Gasteiger partial charge >= 0.3 is 12.1 Å². The summed E-state index contributed by atoms with van der Waals surface area (Å²) in [4.78, 5) is 25.3. The predicted octanol–water partition coefficient (Wildman–Crippen LogP) is 1.75. The van der Waals surface area contributed by atoms with Crippen LogP contribution in [0, 0.1) is 5.21 Å². The Morgan fingerprint density at radius 2 is 1.71 bits per heavy atom. The first-order valence-corrected chi connectivity index (χ1v) is 7.62. The van der Waals surface area contributed by atoms with Gasteiger partial charge in [-0.1, -0.05) is 26.7 Å². The van der Waals surface area contributed by atoms with E-state index in [-0.39, 0.29) is 19.6 Å². The van der Waals surface area contributed by atoms with Crippen molar-refractivity contribution in [2.24, 2.45) is 0 Å². The molecule has 0 aromatic carbocycles. The Bertz CT molecular complexity index is 337. The second-order valence-corrected chi connectivity index (χ2v) is 5.09. The molecule has 0 spiro atoms. The number of carbonyl (C=O) groups excluding carboxylic acids is 2. The predicted molar refractivity (Wildman–Crippen MR) is 77.6 cm³/mol. The molecule has 0 N–H and O–H groups in total. The SMILES string of the molecule is CCCCOC(=O)C1CN([O-])CCN1C(=O)OCCCC. The summed E-state index contributed by atoms with van der Waals surface area (Å²) < 4.78 is 10.2. The van der Waals surface area contributed by atoms with Gasteiger partial charge in [0.05, 0.1) is 13.2 Å². The molecule has 1 heterocycles. The highest BCUT2D eigenvalue weighted by Gasteiger charge is 2.35. The average molecular weight is 301 g/mol. The zero-order valence-electron chi connectivity index (χ0n) is 12.9. The summed E-state index contributed by atoms with van der Waals surface area (Å²) in [6, 6.07) is -0.873. The Hall–Kier alpha value is -1.34. The second-order valence-electron chi connectivity index (χ2n) is 5.09. The highest BCUT2D eigenvalue weighted by atomic mass is 16.6. The van der Waals surface area contributed by atoms with Crippen LogP contribution < -0.4 is 0 Å². The number of hydrogen-bond donors (Lipinski definition) is 0. The van der Waals surface area contributed by atoms with E-state index in [4.69, 9.17) is 9.47 Å². The zero-order valence-corrected chi connectivity index (χ0v) is 12.9. The van der Waals surface area contributed by atoms with Crippen LogP contribution in [0.25, 0.3) is 0 Å². The Kier molecular flexibility index (Phi) is 8.07. The number of unbranched alkanes of at least 4 members (excludes halogenated alkanes) is 2. The fourth-order valence-corrected chi connectivity index (χ4v) is 1.98. The van der Waals surface area contributed by atoms with Crippen LogP contribution in [0.3, 0.4) is 0 Å². The molecule has 1 unspecified atom stereocenters. The third-order valence-electron chi connectivity index (χ3n) is 3.32. The minimum absolute atomic E-state index is 0.0617. The highest BCUT2D eigenvalue weighted by molar-refractivity contribution is 5.82. The quantitative estimate of drug-likeness (QED) is 0.526. The van der Waals surface area contributed by atoms with E-state index >= 15 is 0 Å². The largest absolute Gasteiger partial charge is 0.785 e. The zero-order chi connectivity index (χ0) is 15.7. The van der Waals surface area contributed by atoms with Crippen molar-refractivity contribution in [1.29, 1.82) is 0 Å². The number of carbonyl (C=O) groups is 2. The molecule has 0 aliphatic carbocycles. The number of rotatable bonds is 7. The van der Waals surface area contributed by atoms with E-state index in [1.807, 2.05) is 13.8 Å². The van der Waals surface area contributed by atoms with Gasteiger partial charge in [0, 0.05) is 19.6 Å². The Labute approximate surface area is 125 Å². The van der Waals surface area contributed by atoms with Crippen molar-refractivity contribution in [1.82, 2.24) is 9.96 Å². The van der Waals surface area contributed by atoms with Crippen LogP contribution >= 0.6 is 0 Å². The van der Waals surface area contributed by atoms with Crippen molar-refractivity contribution in [3.63, 3.8) is 0 Å². The standard InChI is InChI=1S/C14H25N2O5/c1-3-5-9-20-13(17)12-11-15(19)7-8-16(12)14(18)21-10-6-4-2/h12H,3-11H2,1-2H3/q-1. The van der Waals surface area contributed by atoms with E-state index in [9.17, 15) is 14.8 Å². The smallest absolute Gasteiger partial charge is 0.410 e. The third-order valence-corrected chi connectivity index (χ3v) is 3.32. The van der Waals surface area contributed by atoms with Gasteiger partial charge in [0.1, 0.15) is 6.04 Å². The molecule has 122 valence electrons. The van der Waals surface area contributed by atoms with Gasteiger partial charge in [-0.2, -0.15) is 0 Å². The van der Waals surface area contributed by atoms with Crippen LogP contribution in [0.2, 0.25) is 0 Å². The summed E-state index contributed by atoms with van der Waals surface area (Å²) in [5.41, 5.74) is 0. The Morgan fingerprint density at radius 1 is 1.10 bits per heavy atom. The number of ether oxygens (including phenoxy) is 2. The average Bonchev–Trinajstić information content (AvgIpc) is 2.47. The minimum Gasteiger partial charge on any atom is -0.785 e. The number of esters is 1. The molecule has 1 rings (SSSR count). The normalized spacial score (nSPS) is 19.4. The van der Waals surface area contributed by atoms with Crippen LogP contribution in [-0.4, -0.2) is 60.9 Å². The Balaban J connectivity index is 2.56. The van der Waals surface area contributed by atoms with Crippen LogP contribution in [0.5, 0.6) is 0 Å². The lowest BCUT2D eigenvalue weighted by atomic mass is 10.2. The van der Waals surface area contributed by atoms with E-state index < -0.39 is 18.1 Å². The molecule has 0 radical (unpaired) electrons. The van der Waals surface area contributed by atoms with Crippen LogP contribution in [0.1, 0.15) is 39.5 Å². The fourth-order valence-electron chi connectivity index (χ4n) is 1.98. The molecular weight excluding hydrogens is 276 g/mol. The summed E-state index contributed by atoms with van der Waals surface area (Å²) in [6.07, 6.45) is 2.83. The summed E-state index contributed by atoms with van der Waals surface area (Å²) >= 11 is 0. The van der Waals surface area contributed by atoms with Crippen LogP contribution in [-0.2, 0) is 14.3 Å². The monoisotopic (exact) mass is 301 g/mol. The molecular formula is C14H25N2O5-. The third kappa shape index (κ3) is 5.89. The summed E-state index contributed by atoms with van der Waals surface area (Å²) in [7, 11) is 0. The number of nitrogens with zero attached hydrogens (tertiary/aromatic N) is 2. The molecule has 7 heteroatoms. The lowest BCUT2D eigenvalue weighted by molar-refractivity contribution is -0.151. The summed E-state index contributed by atoms with van der Waals surface area (Å²) in [6.45, 7) is 4.93. The van der Waals surface area contributed by atoms with E-state index in [0.717, 1.165) is 30.7 Å². The van der Waals surface area contributed by atoms with Gasteiger partial charge in [-0.05, 0) is 12.8 Å². The molecule has 0 aromatic rings. The molecule has 1 amide bonds. The van der Waals surface area contributed by atoms with Gasteiger partial charge in [0.15, 0.2) is 0 Å². The molecule has 21 heavy (non-hydrogen) atoms. The van der Waals surface area contributed by atoms with Gasteiger partial charge in [0.2, 0.25) is 0 Å². The molecule has 1 atom stereocenters. The summed E-state index contributed by atoms with van der Waals surface area (Å²) in [5, 5.41) is 12.2. The van der Waals surface area contributed by atoms with Crippen LogP contribution in [0.15, 0.2) is 0 Å². The van der Waals surface area contributed by atoms with Gasteiger partial charge in [0.25, 0.3) is 0 Å². The van der Waals surface area contributed by atoms with Gasteiger partial charge < -0.3 is 19.7 Å². The summed E-state index contributed by atoms with van der Waals surface area (Å²) in [5.74, 6) is -0.531.